The number of rotatable bonds is 4. The van der Waals surface area contributed by atoms with Crippen LogP contribution < -0.4 is 5.56 Å². The number of fused-ring (bicyclic) bond motifs is 1. The number of benzene rings is 2. The van der Waals surface area contributed by atoms with Crippen LogP contribution in [0.2, 0.25) is 5.02 Å². The molecule has 3 heterocycles. The number of thiophene rings is 1. The molecule has 0 radical (unpaired) electrons. The molecule has 7 heteroatoms. The lowest BCUT2D eigenvalue weighted by Gasteiger charge is -2.34. The zero-order valence-electron chi connectivity index (χ0n) is 18.3. The van der Waals surface area contributed by atoms with E-state index in [1.165, 1.54) is 15.8 Å². The fraction of sp³-hybridized carbons (Fsp3) is 0.231. The number of carbonyl (C=O) groups is 1. The third-order valence-electron chi connectivity index (χ3n) is 6.22. The van der Waals surface area contributed by atoms with Crippen molar-refractivity contribution in [2.45, 2.75) is 6.54 Å². The molecule has 2 aromatic carbocycles. The predicted octanol–water partition coefficient (Wildman–Crippen LogP) is 4.88. The van der Waals surface area contributed by atoms with Gasteiger partial charge in [0.05, 0.1) is 11.1 Å². The molecule has 4 aromatic rings. The topological polar surface area (TPSA) is 45.6 Å². The maximum absolute atomic E-state index is 13.3. The summed E-state index contributed by atoms with van der Waals surface area (Å²) in [4.78, 5) is 32.4. The number of aromatic nitrogens is 1. The second kappa shape index (κ2) is 9.14. The number of hydrogen-bond acceptors (Lipinski definition) is 4. The summed E-state index contributed by atoms with van der Waals surface area (Å²) in [7, 11) is 1.74. The molecule has 5 rings (SSSR count). The van der Waals surface area contributed by atoms with Crippen LogP contribution in [-0.4, -0.2) is 46.5 Å². The van der Waals surface area contributed by atoms with Crippen LogP contribution in [0.3, 0.4) is 0 Å². The molecule has 0 aliphatic carbocycles. The van der Waals surface area contributed by atoms with E-state index >= 15 is 0 Å². The van der Waals surface area contributed by atoms with Crippen molar-refractivity contribution in [3.8, 4) is 10.4 Å². The highest BCUT2D eigenvalue weighted by atomic mass is 35.5. The first-order valence-corrected chi connectivity index (χ1v) is 12.1. The Bertz CT molecular complexity index is 1390. The van der Waals surface area contributed by atoms with Crippen LogP contribution in [0.1, 0.15) is 15.2 Å². The molecule has 0 atom stereocenters. The Balaban J connectivity index is 1.26. The van der Waals surface area contributed by atoms with Crippen LogP contribution in [0.4, 0.5) is 0 Å². The summed E-state index contributed by atoms with van der Waals surface area (Å²) in [5.74, 6) is -0.0688. The van der Waals surface area contributed by atoms with Crippen LogP contribution in [0, 0.1) is 0 Å². The minimum Gasteiger partial charge on any atom is -0.336 e. The number of nitrogens with zero attached hydrogens (tertiary/aromatic N) is 3. The molecule has 0 N–H and O–H groups in total. The lowest BCUT2D eigenvalue weighted by Crippen LogP contribution is -2.48. The van der Waals surface area contributed by atoms with Gasteiger partial charge >= 0.3 is 0 Å². The Labute approximate surface area is 201 Å². The molecular weight excluding hydrogens is 454 g/mol. The Morgan fingerprint density at radius 3 is 2.48 bits per heavy atom. The molecule has 0 spiro atoms. The lowest BCUT2D eigenvalue weighted by atomic mass is 10.1. The summed E-state index contributed by atoms with van der Waals surface area (Å²) >= 11 is 8.11. The second-order valence-electron chi connectivity index (χ2n) is 8.29. The van der Waals surface area contributed by atoms with Crippen LogP contribution in [0.25, 0.3) is 21.3 Å². The Kier molecular flexibility index (Phi) is 6.06. The normalized spacial score (nSPS) is 14.7. The SMILES string of the molecule is Cn1c(=O)cc(C(=O)N2CCN(Cc3ccc(-c4ccccc4Cl)s3)CC2)c2ccccc21. The summed E-state index contributed by atoms with van der Waals surface area (Å²) in [5.41, 5.74) is 2.17. The van der Waals surface area contributed by atoms with Gasteiger partial charge in [0.1, 0.15) is 0 Å². The third-order valence-corrected chi connectivity index (χ3v) is 7.66. The second-order valence-corrected chi connectivity index (χ2v) is 9.86. The van der Waals surface area contributed by atoms with Crippen molar-refractivity contribution in [2.24, 2.45) is 7.05 Å². The fourth-order valence-corrected chi connectivity index (χ4v) is 5.74. The summed E-state index contributed by atoms with van der Waals surface area (Å²) < 4.78 is 1.59. The maximum atomic E-state index is 13.3. The summed E-state index contributed by atoms with van der Waals surface area (Å²) in [5, 5.41) is 1.58. The first kappa shape index (κ1) is 21.9. The van der Waals surface area contributed by atoms with Gasteiger partial charge < -0.3 is 9.47 Å². The molecule has 1 aliphatic rings. The van der Waals surface area contributed by atoms with E-state index in [2.05, 4.69) is 17.0 Å². The van der Waals surface area contributed by atoms with Crippen molar-refractivity contribution < 1.29 is 4.79 Å². The number of halogens is 1. The first-order valence-electron chi connectivity index (χ1n) is 11.0. The number of pyridine rings is 1. The zero-order chi connectivity index (χ0) is 22.9. The average molecular weight is 478 g/mol. The van der Waals surface area contributed by atoms with Gasteiger partial charge in [-0.15, -0.1) is 11.3 Å². The number of carbonyl (C=O) groups excluding carboxylic acids is 1. The van der Waals surface area contributed by atoms with Gasteiger partial charge in [-0.3, -0.25) is 14.5 Å². The quantitative estimate of drug-likeness (QED) is 0.421. The number of aryl methyl sites for hydroxylation is 1. The molecule has 1 fully saturated rings. The minimum atomic E-state index is -0.164. The average Bonchev–Trinajstić information content (AvgIpc) is 3.30. The first-order chi connectivity index (χ1) is 16.0. The molecular formula is C26H24ClN3O2S. The van der Waals surface area contributed by atoms with Crippen molar-refractivity contribution in [1.29, 1.82) is 0 Å². The van der Waals surface area contributed by atoms with E-state index in [9.17, 15) is 9.59 Å². The molecule has 168 valence electrons. The minimum absolute atomic E-state index is 0.0688. The smallest absolute Gasteiger partial charge is 0.254 e. The van der Waals surface area contributed by atoms with E-state index in [0.29, 0.717) is 18.7 Å². The molecule has 5 nitrogen and oxygen atoms in total. The largest absolute Gasteiger partial charge is 0.336 e. The van der Waals surface area contributed by atoms with Crippen molar-refractivity contribution in [1.82, 2.24) is 14.4 Å². The molecule has 0 bridgehead atoms. The number of para-hydroxylation sites is 1. The van der Waals surface area contributed by atoms with Crippen molar-refractivity contribution in [3.05, 3.63) is 92.5 Å². The van der Waals surface area contributed by atoms with Crippen molar-refractivity contribution in [2.75, 3.05) is 26.2 Å². The molecule has 33 heavy (non-hydrogen) atoms. The van der Waals surface area contributed by atoms with E-state index in [-0.39, 0.29) is 11.5 Å². The van der Waals surface area contributed by atoms with Gasteiger partial charge in [-0.05, 0) is 24.3 Å². The van der Waals surface area contributed by atoms with Crippen LogP contribution >= 0.6 is 22.9 Å². The highest BCUT2D eigenvalue weighted by Gasteiger charge is 2.24. The van der Waals surface area contributed by atoms with Gasteiger partial charge in [-0.2, -0.15) is 0 Å². The molecule has 1 saturated heterocycles. The lowest BCUT2D eigenvalue weighted by molar-refractivity contribution is 0.0631. The predicted molar refractivity (Wildman–Crippen MR) is 135 cm³/mol. The van der Waals surface area contributed by atoms with Gasteiger partial charge in [0.25, 0.3) is 11.5 Å². The van der Waals surface area contributed by atoms with E-state index in [1.807, 2.05) is 53.4 Å². The summed E-state index contributed by atoms with van der Waals surface area (Å²) in [6.45, 7) is 3.74. The summed E-state index contributed by atoms with van der Waals surface area (Å²) in [6.07, 6.45) is 0. The third kappa shape index (κ3) is 4.34. The van der Waals surface area contributed by atoms with E-state index in [4.69, 9.17) is 11.6 Å². The van der Waals surface area contributed by atoms with Gasteiger partial charge in [0.15, 0.2) is 0 Å². The standard InChI is InChI=1S/C26H24ClN3O2S/c1-28-23-9-5-3-6-19(23)21(16-25(28)31)26(32)30-14-12-29(13-15-30)17-18-10-11-24(33-18)20-7-2-4-8-22(20)27/h2-11,16H,12-15,17H2,1H3. The van der Waals surface area contributed by atoms with Crippen molar-refractivity contribution >= 4 is 39.7 Å². The van der Waals surface area contributed by atoms with E-state index < -0.39 is 0 Å². The zero-order valence-corrected chi connectivity index (χ0v) is 19.9. The van der Waals surface area contributed by atoms with E-state index in [0.717, 1.165) is 41.1 Å². The highest BCUT2D eigenvalue weighted by molar-refractivity contribution is 7.15. The van der Waals surface area contributed by atoms with Gasteiger partial charge in [-0.1, -0.05) is 48.0 Å². The van der Waals surface area contributed by atoms with E-state index in [1.54, 1.807) is 23.0 Å². The monoisotopic (exact) mass is 477 g/mol. The highest BCUT2D eigenvalue weighted by Crippen LogP contribution is 2.33. The van der Waals surface area contributed by atoms with Crippen LogP contribution in [0.5, 0.6) is 0 Å². The summed E-state index contributed by atoms with van der Waals surface area (Å²) in [6, 6.07) is 21.2. The number of hydrogen-bond donors (Lipinski definition) is 0. The molecule has 1 aliphatic heterocycles. The van der Waals surface area contributed by atoms with Crippen LogP contribution in [0.15, 0.2) is 71.5 Å². The Morgan fingerprint density at radius 2 is 1.70 bits per heavy atom. The van der Waals surface area contributed by atoms with Gasteiger partial charge in [0, 0.05) is 71.6 Å². The molecule has 0 unspecified atom stereocenters. The number of amides is 1. The van der Waals surface area contributed by atoms with Crippen molar-refractivity contribution in [3.63, 3.8) is 0 Å². The number of piperazine rings is 1. The maximum Gasteiger partial charge on any atom is 0.254 e. The molecule has 0 saturated carbocycles. The molecule has 1 amide bonds. The van der Waals surface area contributed by atoms with Gasteiger partial charge in [-0.25, -0.2) is 0 Å². The fourth-order valence-electron chi connectivity index (χ4n) is 4.36. The van der Waals surface area contributed by atoms with Crippen LogP contribution in [-0.2, 0) is 13.6 Å². The Morgan fingerprint density at radius 1 is 0.970 bits per heavy atom. The van der Waals surface area contributed by atoms with Gasteiger partial charge in [0.2, 0.25) is 0 Å². The Hall–Kier alpha value is -2.93. The molecule has 2 aromatic heterocycles.